The van der Waals surface area contributed by atoms with Crippen LogP contribution in [-0.4, -0.2) is 26.0 Å². The molecule has 6 heteroatoms. The fraction of sp³-hybridized carbons (Fsp3) is 0.643. The van der Waals surface area contributed by atoms with Crippen molar-refractivity contribution in [1.82, 2.24) is 25.3 Å². The van der Waals surface area contributed by atoms with Crippen LogP contribution in [0.3, 0.4) is 0 Å². The topological polar surface area (TPSA) is 68.8 Å². The van der Waals surface area contributed by atoms with Crippen molar-refractivity contribution >= 4 is 0 Å². The molecule has 2 rings (SSSR count). The summed E-state index contributed by atoms with van der Waals surface area (Å²) in [6.45, 7) is 11.7. The van der Waals surface area contributed by atoms with Crippen molar-refractivity contribution in [2.24, 2.45) is 0 Å². The van der Waals surface area contributed by atoms with Gasteiger partial charge in [-0.15, -0.1) is 10.2 Å². The molecule has 0 amide bonds. The highest BCUT2D eigenvalue weighted by Gasteiger charge is 2.21. The lowest BCUT2D eigenvalue weighted by atomic mass is 9.97. The molecule has 0 radical (unpaired) electrons. The van der Waals surface area contributed by atoms with Crippen LogP contribution in [0.5, 0.6) is 0 Å². The lowest BCUT2D eigenvalue weighted by Crippen LogP contribution is -2.30. The molecule has 2 heterocycles. The molecule has 20 heavy (non-hydrogen) atoms. The van der Waals surface area contributed by atoms with E-state index in [1.165, 1.54) is 5.56 Å². The van der Waals surface area contributed by atoms with E-state index in [0.717, 1.165) is 6.54 Å². The molecule has 0 bridgehead atoms. The van der Waals surface area contributed by atoms with E-state index in [-0.39, 0.29) is 11.5 Å². The van der Waals surface area contributed by atoms with Crippen LogP contribution < -0.4 is 5.32 Å². The van der Waals surface area contributed by atoms with Crippen molar-refractivity contribution in [2.45, 2.75) is 59.2 Å². The van der Waals surface area contributed by atoms with E-state index in [2.05, 4.69) is 48.3 Å². The zero-order valence-corrected chi connectivity index (χ0v) is 12.8. The third kappa shape index (κ3) is 3.90. The van der Waals surface area contributed by atoms with Gasteiger partial charge in [-0.25, -0.2) is 0 Å². The van der Waals surface area contributed by atoms with Gasteiger partial charge in [0.2, 0.25) is 11.8 Å². The van der Waals surface area contributed by atoms with Gasteiger partial charge in [-0.3, -0.25) is 4.68 Å². The minimum atomic E-state index is -0.108. The summed E-state index contributed by atoms with van der Waals surface area (Å²) in [5.41, 5.74) is 1.06. The molecule has 0 saturated heterocycles. The molecule has 6 nitrogen and oxygen atoms in total. The molecule has 0 spiro atoms. The van der Waals surface area contributed by atoms with E-state index in [0.29, 0.717) is 18.3 Å². The van der Waals surface area contributed by atoms with Crippen molar-refractivity contribution in [3.05, 3.63) is 29.7 Å². The van der Waals surface area contributed by atoms with Crippen LogP contribution in [0.1, 0.15) is 45.0 Å². The Balaban J connectivity index is 1.84. The monoisotopic (exact) mass is 277 g/mol. The van der Waals surface area contributed by atoms with E-state index in [1.807, 2.05) is 24.0 Å². The van der Waals surface area contributed by atoms with E-state index >= 15 is 0 Å². The Hall–Kier alpha value is -1.69. The minimum Gasteiger partial charge on any atom is -0.423 e. The van der Waals surface area contributed by atoms with Crippen LogP contribution in [0.2, 0.25) is 0 Å². The number of hydrogen-bond acceptors (Lipinski definition) is 5. The quantitative estimate of drug-likeness (QED) is 0.906. The predicted octanol–water partition coefficient (Wildman–Crippen LogP) is 2.05. The first-order chi connectivity index (χ1) is 9.34. The number of nitrogens with one attached hydrogen (secondary N) is 1. The zero-order valence-electron chi connectivity index (χ0n) is 12.8. The summed E-state index contributed by atoms with van der Waals surface area (Å²) in [5, 5.41) is 15.8. The summed E-state index contributed by atoms with van der Waals surface area (Å²) in [5.74, 6) is 1.29. The molecule has 0 aliphatic heterocycles. The Labute approximate surface area is 119 Å². The van der Waals surface area contributed by atoms with E-state index < -0.39 is 0 Å². The Morgan fingerprint density at radius 2 is 2.10 bits per heavy atom. The van der Waals surface area contributed by atoms with Gasteiger partial charge in [0.25, 0.3) is 0 Å². The van der Waals surface area contributed by atoms with E-state index in [9.17, 15) is 0 Å². The number of aryl methyl sites for hydroxylation is 1. The fourth-order valence-electron chi connectivity index (χ4n) is 1.80. The average molecular weight is 277 g/mol. The first kappa shape index (κ1) is 14.7. The second kappa shape index (κ2) is 5.75. The average Bonchev–Trinajstić information content (AvgIpc) is 2.95. The zero-order chi connectivity index (χ0) is 14.8. The Morgan fingerprint density at radius 3 is 2.65 bits per heavy atom. The molecule has 0 fully saturated rings. The van der Waals surface area contributed by atoms with Gasteiger partial charge in [-0.2, -0.15) is 5.10 Å². The van der Waals surface area contributed by atoms with Crippen molar-refractivity contribution in [3.63, 3.8) is 0 Å². The van der Waals surface area contributed by atoms with E-state index in [4.69, 9.17) is 4.42 Å². The lowest BCUT2D eigenvalue weighted by molar-refractivity contribution is 0.353. The van der Waals surface area contributed by atoms with E-state index in [1.54, 1.807) is 0 Å². The Kier molecular flexibility index (Phi) is 4.23. The molecule has 0 aromatic carbocycles. The highest BCUT2D eigenvalue weighted by Crippen LogP contribution is 2.20. The molecule has 0 saturated carbocycles. The SMILES string of the molecule is Cc1cnn(CC(C)NCc2nnc(C(C)(C)C)o2)c1. The van der Waals surface area contributed by atoms with Gasteiger partial charge >= 0.3 is 0 Å². The summed E-state index contributed by atoms with van der Waals surface area (Å²) in [6.07, 6.45) is 3.89. The largest absolute Gasteiger partial charge is 0.423 e. The molecule has 2 aromatic rings. The standard InChI is InChI=1S/C14H23N5O/c1-10-6-16-19(8-10)9-11(2)15-7-12-17-18-13(20-12)14(3,4)5/h6,8,11,15H,7,9H2,1-5H3. The summed E-state index contributed by atoms with van der Waals surface area (Å²) < 4.78 is 7.58. The normalized spacial score (nSPS) is 13.7. The van der Waals surface area contributed by atoms with Crippen molar-refractivity contribution in [1.29, 1.82) is 0 Å². The van der Waals surface area contributed by atoms with Crippen molar-refractivity contribution < 1.29 is 4.42 Å². The van der Waals surface area contributed by atoms with Gasteiger partial charge in [0.15, 0.2) is 0 Å². The Bertz CT molecular complexity index is 552. The third-order valence-corrected chi connectivity index (χ3v) is 2.93. The highest BCUT2D eigenvalue weighted by molar-refractivity contribution is 4.99. The van der Waals surface area contributed by atoms with Crippen LogP contribution in [0.15, 0.2) is 16.8 Å². The third-order valence-electron chi connectivity index (χ3n) is 2.93. The smallest absolute Gasteiger partial charge is 0.230 e. The van der Waals surface area contributed by atoms with Crippen molar-refractivity contribution in [3.8, 4) is 0 Å². The van der Waals surface area contributed by atoms with Crippen LogP contribution >= 0.6 is 0 Å². The molecule has 0 aliphatic rings. The van der Waals surface area contributed by atoms with Crippen LogP contribution in [0.4, 0.5) is 0 Å². The first-order valence-electron chi connectivity index (χ1n) is 6.90. The molecular formula is C14H23N5O. The molecule has 110 valence electrons. The summed E-state index contributed by atoms with van der Waals surface area (Å²) in [4.78, 5) is 0. The van der Waals surface area contributed by atoms with Gasteiger partial charge in [0.1, 0.15) is 0 Å². The van der Waals surface area contributed by atoms with Gasteiger partial charge in [0.05, 0.1) is 19.3 Å². The maximum atomic E-state index is 5.65. The fourth-order valence-corrected chi connectivity index (χ4v) is 1.80. The molecule has 0 aliphatic carbocycles. The van der Waals surface area contributed by atoms with Gasteiger partial charge in [-0.05, 0) is 19.4 Å². The maximum absolute atomic E-state index is 5.65. The summed E-state index contributed by atoms with van der Waals surface area (Å²) in [7, 11) is 0. The van der Waals surface area contributed by atoms with Crippen molar-refractivity contribution in [2.75, 3.05) is 0 Å². The highest BCUT2D eigenvalue weighted by atomic mass is 16.4. The minimum absolute atomic E-state index is 0.108. The van der Waals surface area contributed by atoms with Crippen LogP contribution in [-0.2, 0) is 18.5 Å². The van der Waals surface area contributed by atoms with Gasteiger partial charge in [0, 0.05) is 17.7 Å². The van der Waals surface area contributed by atoms with Gasteiger partial charge < -0.3 is 9.73 Å². The Morgan fingerprint density at radius 1 is 1.35 bits per heavy atom. The first-order valence-corrected chi connectivity index (χ1v) is 6.90. The number of nitrogens with zero attached hydrogens (tertiary/aromatic N) is 4. The van der Waals surface area contributed by atoms with Gasteiger partial charge in [-0.1, -0.05) is 20.8 Å². The van der Waals surface area contributed by atoms with Crippen LogP contribution in [0, 0.1) is 6.92 Å². The molecule has 1 N–H and O–H groups in total. The second-order valence-electron chi connectivity index (χ2n) is 6.27. The lowest BCUT2D eigenvalue weighted by Gasteiger charge is -2.13. The van der Waals surface area contributed by atoms with Crippen LogP contribution in [0.25, 0.3) is 0 Å². The second-order valence-corrected chi connectivity index (χ2v) is 6.27. The molecule has 1 atom stereocenters. The predicted molar refractivity (Wildman–Crippen MR) is 76.3 cm³/mol. The number of aromatic nitrogens is 4. The molecule has 2 aromatic heterocycles. The number of hydrogen-bond donors (Lipinski definition) is 1. The molecular weight excluding hydrogens is 254 g/mol. The number of rotatable bonds is 5. The summed E-state index contributed by atoms with van der Waals surface area (Å²) >= 11 is 0. The maximum Gasteiger partial charge on any atom is 0.230 e. The summed E-state index contributed by atoms with van der Waals surface area (Å²) in [6, 6.07) is 0.277. The molecule has 1 unspecified atom stereocenters.